The Morgan fingerprint density at radius 3 is 2.82 bits per heavy atom. The Morgan fingerprint density at radius 2 is 2.05 bits per heavy atom. The van der Waals surface area contributed by atoms with E-state index in [0.29, 0.717) is 30.9 Å². The molecule has 0 radical (unpaired) electrons. The number of likely N-dealkylation sites (tertiary alicyclic amines) is 1. The standard InChI is InChI=1S/C27H37ClFN5O5/c1-25(2,3)39-24(35)34-10-6-9-27(8-5-7-18(27)34)16-38-23-31-20-17(13-30-21(28)19(20)29)22(32-23)33-11-12-37-15-26(4,36)14-33/h13,18,36H,5-12,14-16H2,1-4H3/t18-,26-,27-/m1/s1. The van der Waals surface area contributed by atoms with Gasteiger partial charge in [-0.25, -0.2) is 14.2 Å². The minimum Gasteiger partial charge on any atom is -0.463 e. The van der Waals surface area contributed by atoms with Crippen LogP contribution in [0.1, 0.15) is 59.8 Å². The summed E-state index contributed by atoms with van der Waals surface area (Å²) in [5.41, 5.74) is -1.98. The van der Waals surface area contributed by atoms with Gasteiger partial charge in [-0.15, -0.1) is 0 Å². The molecule has 0 aromatic carbocycles. The molecule has 1 amide bonds. The Labute approximate surface area is 232 Å². The lowest BCUT2D eigenvalue weighted by molar-refractivity contribution is -0.0282. The Kier molecular flexibility index (Phi) is 7.54. The van der Waals surface area contributed by atoms with E-state index in [1.807, 2.05) is 30.6 Å². The molecule has 2 saturated heterocycles. The highest BCUT2D eigenvalue weighted by Crippen LogP contribution is 2.48. The molecule has 3 atom stereocenters. The van der Waals surface area contributed by atoms with Crippen molar-refractivity contribution < 1.29 is 28.5 Å². The topological polar surface area (TPSA) is 110 Å². The number of pyridine rings is 1. The lowest BCUT2D eigenvalue weighted by atomic mass is 9.75. The Bertz CT molecular complexity index is 1240. The summed E-state index contributed by atoms with van der Waals surface area (Å²) in [5, 5.41) is 10.8. The third-order valence-electron chi connectivity index (χ3n) is 7.78. The zero-order chi connectivity index (χ0) is 28.0. The van der Waals surface area contributed by atoms with E-state index in [1.165, 1.54) is 6.20 Å². The molecule has 1 saturated carbocycles. The highest BCUT2D eigenvalue weighted by atomic mass is 35.5. The quantitative estimate of drug-likeness (QED) is 0.541. The fourth-order valence-corrected chi connectivity index (χ4v) is 6.27. The van der Waals surface area contributed by atoms with Crippen LogP contribution in [-0.2, 0) is 9.47 Å². The number of β-amino-alcohol motifs (C(OH)–C–C–N with tert-alkyl or cyclic N) is 1. The van der Waals surface area contributed by atoms with Gasteiger partial charge in [-0.05, 0) is 53.4 Å². The van der Waals surface area contributed by atoms with Gasteiger partial charge >= 0.3 is 12.1 Å². The Morgan fingerprint density at radius 1 is 1.28 bits per heavy atom. The molecule has 2 aromatic heterocycles. The predicted octanol–water partition coefficient (Wildman–Crippen LogP) is 4.35. The number of amides is 1. The van der Waals surface area contributed by atoms with Gasteiger partial charge in [0.2, 0.25) is 0 Å². The van der Waals surface area contributed by atoms with Gasteiger partial charge in [0.25, 0.3) is 0 Å². The van der Waals surface area contributed by atoms with Crippen molar-refractivity contribution >= 4 is 34.4 Å². The van der Waals surface area contributed by atoms with Crippen LogP contribution in [-0.4, -0.2) is 87.8 Å². The van der Waals surface area contributed by atoms with Gasteiger partial charge in [0.15, 0.2) is 11.0 Å². The summed E-state index contributed by atoms with van der Waals surface area (Å²) in [6, 6.07) is -0.00727. The molecule has 5 rings (SSSR count). The number of aromatic nitrogens is 3. The average molecular weight is 566 g/mol. The molecule has 3 aliphatic rings. The zero-order valence-electron chi connectivity index (χ0n) is 23.0. The number of halogens is 2. The molecule has 0 spiro atoms. The molecule has 2 aromatic rings. The summed E-state index contributed by atoms with van der Waals surface area (Å²) in [6.07, 6.45) is 5.60. The van der Waals surface area contributed by atoms with Crippen molar-refractivity contribution in [1.82, 2.24) is 19.9 Å². The van der Waals surface area contributed by atoms with Crippen molar-refractivity contribution in [2.45, 2.75) is 77.0 Å². The van der Waals surface area contributed by atoms with Gasteiger partial charge in [-0.2, -0.15) is 9.97 Å². The molecule has 1 aliphatic carbocycles. The molecule has 1 N–H and O–H groups in total. The highest BCUT2D eigenvalue weighted by molar-refractivity contribution is 6.30. The SMILES string of the molecule is CC(C)(C)OC(=O)N1CCC[C@@]2(COc3nc(N4CCOC[C@](C)(O)C4)c4cnc(Cl)c(F)c4n3)CCC[C@@H]12. The number of hydrogen-bond acceptors (Lipinski definition) is 9. The van der Waals surface area contributed by atoms with E-state index in [-0.39, 0.29) is 54.0 Å². The van der Waals surface area contributed by atoms with Crippen LogP contribution in [0.15, 0.2) is 6.20 Å². The molecule has 3 fully saturated rings. The lowest BCUT2D eigenvalue weighted by Gasteiger charge is -2.46. The maximum atomic E-state index is 15.2. The van der Waals surface area contributed by atoms with Crippen LogP contribution >= 0.6 is 11.6 Å². The van der Waals surface area contributed by atoms with Crippen LogP contribution in [0, 0.1) is 11.2 Å². The second-order valence-corrected chi connectivity index (χ2v) is 12.6. The molecule has 2 aliphatic heterocycles. The van der Waals surface area contributed by atoms with Gasteiger partial charge in [-0.3, -0.25) is 0 Å². The predicted molar refractivity (Wildman–Crippen MR) is 144 cm³/mol. The number of hydrogen-bond donors (Lipinski definition) is 1. The van der Waals surface area contributed by atoms with Crippen LogP contribution in [0.2, 0.25) is 5.15 Å². The first kappa shape index (κ1) is 28.0. The summed E-state index contributed by atoms with van der Waals surface area (Å²) in [6.45, 7) is 9.40. The largest absolute Gasteiger partial charge is 0.463 e. The van der Waals surface area contributed by atoms with E-state index < -0.39 is 17.0 Å². The minimum atomic E-state index is -1.13. The van der Waals surface area contributed by atoms with E-state index in [0.717, 1.165) is 32.1 Å². The fraction of sp³-hybridized carbons (Fsp3) is 0.704. The van der Waals surface area contributed by atoms with Crippen molar-refractivity contribution in [3.8, 4) is 6.01 Å². The Balaban J connectivity index is 1.45. The lowest BCUT2D eigenvalue weighted by Crippen LogP contribution is -2.55. The van der Waals surface area contributed by atoms with Crippen LogP contribution in [0.3, 0.4) is 0 Å². The molecular weight excluding hydrogens is 529 g/mol. The number of piperidine rings is 1. The maximum Gasteiger partial charge on any atom is 0.410 e. The summed E-state index contributed by atoms with van der Waals surface area (Å²) in [7, 11) is 0. The molecular formula is C27H37ClFN5O5. The summed E-state index contributed by atoms with van der Waals surface area (Å²) in [5.74, 6) is -0.366. The summed E-state index contributed by atoms with van der Waals surface area (Å²) in [4.78, 5) is 29.7. The summed E-state index contributed by atoms with van der Waals surface area (Å²) >= 11 is 6.00. The highest BCUT2D eigenvalue weighted by Gasteiger charge is 2.51. The van der Waals surface area contributed by atoms with Gasteiger partial charge in [0.05, 0.1) is 31.8 Å². The second-order valence-electron chi connectivity index (χ2n) is 12.3. The number of aliphatic hydroxyl groups is 1. The van der Waals surface area contributed by atoms with Crippen LogP contribution in [0.25, 0.3) is 10.9 Å². The van der Waals surface area contributed by atoms with Crippen LogP contribution in [0.4, 0.5) is 15.0 Å². The summed E-state index contributed by atoms with van der Waals surface area (Å²) < 4.78 is 32.7. The molecule has 10 nitrogen and oxygen atoms in total. The molecule has 39 heavy (non-hydrogen) atoms. The average Bonchev–Trinajstić information content (AvgIpc) is 3.21. The fourth-order valence-electron chi connectivity index (χ4n) is 6.13. The third-order valence-corrected chi connectivity index (χ3v) is 8.04. The number of anilines is 1. The number of fused-ring (bicyclic) bond motifs is 2. The van der Waals surface area contributed by atoms with Gasteiger partial charge in [0, 0.05) is 30.7 Å². The van der Waals surface area contributed by atoms with Gasteiger partial charge < -0.3 is 29.1 Å². The zero-order valence-corrected chi connectivity index (χ0v) is 23.8. The number of nitrogens with zero attached hydrogens (tertiary/aromatic N) is 5. The van der Waals surface area contributed by atoms with E-state index in [4.69, 9.17) is 25.8 Å². The number of rotatable bonds is 4. The number of carbonyl (C=O) groups excluding carboxylic acids is 1. The third kappa shape index (κ3) is 5.85. The molecule has 4 heterocycles. The van der Waals surface area contributed by atoms with E-state index in [9.17, 15) is 9.90 Å². The molecule has 214 valence electrons. The van der Waals surface area contributed by atoms with E-state index in [1.54, 1.807) is 6.92 Å². The first-order valence-electron chi connectivity index (χ1n) is 13.6. The van der Waals surface area contributed by atoms with E-state index in [2.05, 4.69) is 15.0 Å². The molecule has 0 bridgehead atoms. The maximum absolute atomic E-state index is 15.2. The van der Waals surface area contributed by atoms with Crippen molar-refractivity contribution in [3.05, 3.63) is 17.2 Å². The number of carbonyl (C=O) groups is 1. The molecule has 0 unspecified atom stereocenters. The monoisotopic (exact) mass is 565 g/mol. The van der Waals surface area contributed by atoms with Crippen LogP contribution < -0.4 is 9.64 Å². The van der Waals surface area contributed by atoms with Gasteiger partial charge in [0.1, 0.15) is 22.5 Å². The Hall–Kier alpha value is -2.50. The minimum absolute atomic E-state index is 0.000643. The van der Waals surface area contributed by atoms with Crippen LogP contribution in [0.5, 0.6) is 6.01 Å². The van der Waals surface area contributed by atoms with E-state index >= 15 is 4.39 Å². The second kappa shape index (κ2) is 10.5. The number of ether oxygens (including phenoxy) is 3. The smallest absolute Gasteiger partial charge is 0.410 e. The van der Waals surface area contributed by atoms with Crippen molar-refractivity contribution in [2.75, 3.05) is 44.4 Å². The molecule has 12 heteroatoms. The van der Waals surface area contributed by atoms with Crippen molar-refractivity contribution in [1.29, 1.82) is 0 Å². The van der Waals surface area contributed by atoms with Gasteiger partial charge in [-0.1, -0.05) is 18.0 Å². The first-order chi connectivity index (χ1) is 18.4. The van der Waals surface area contributed by atoms with Crippen molar-refractivity contribution in [3.63, 3.8) is 0 Å². The van der Waals surface area contributed by atoms with Crippen molar-refractivity contribution in [2.24, 2.45) is 5.41 Å². The normalized spacial score (nSPS) is 27.8. The first-order valence-corrected chi connectivity index (χ1v) is 13.9.